The molecule has 0 unspecified atom stereocenters. The number of carbonyl (C=O) groups is 2. The van der Waals surface area contributed by atoms with Crippen molar-refractivity contribution in [2.45, 2.75) is 12.1 Å². The second kappa shape index (κ2) is 14.4. The molecular formula is C34H36N8O4. The van der Waals surface area contributed by atoms with Crippen LogP contribution in [0.4, 0.5) is 5.82 Å². The number of nitrogens with zero attached hydrogens (tertiary/aromatic N) is 7. The molecule has 0 aliphatic carbocycles. The van der Waals surface area contributed by atoms with Gasteiger partial charge in [0.2, 0.25) is 5.91 Å². The highest BCUT2D eigenvalue weighted by Crippen LogP contribution is 2.37. The minimum atomic E-state index is -1.12. The monoisotopic (exact) mass is 620 g/mol. The zero-order valence-electron chi connectivity index (χ0n) is 25.9. The molecule has 5 rings (SSSR count). The number of fused-ring (bicyclic) bond motifs is 1. The van der Waals surface area contributed by atoms with Gasteiger partial charge in [0.1, 0.15) is 25.2 Å². The number of aromatic nitrogens is 4. The first-order valence-electron chi connectivity index (χ1n) is 14.7. The predicted molar refractivity (Wildman–Crippen MR) is 175 cm³/mol. The van der Waals surface area contributed by atoms with Crippen molar-refractivity contribution in [3.63, 3.8) is 0 Å². The lowest BCUT2D eigenvalue weighted by atomic mass is 9.77. The van der Waals surface area contributed by atoms with Gasteiger partial charge < -0.3 is 19.6 Å². The number of carboxylic acids is 1. The molecule has 2 aromatic heterocycles. The van der Waals surface area contributed by atoms with Gasteiger partial charge in [-0.3, -0.25) is 14.9 Å². The van der Waals surface area contributed by atoms with E-state index in [9.17, 15) is 14.7 Å². The molecule has 46 heavy (non-hydrogen) atoms. The van der Waals surface area contributed by atoms with Crippen LogP contribution in [0.25, 0.3) is 11.0 Å². The van der Waals surface area contributed by atoms with Crippen LogP contribution in [-0.4, -0.2) is 93.7 Å². The number of hydrogen-bond donors (Lipinski definition) is 2. The molecule has 0 fully saturated rings. The molecule has 12 heteroatoms. The van der Waals surface area contributed by atoms with Crippen molar-refractivity contribution < 1.29 is 19.4 Å². The number of carbonyl (C=O) groups excluding carboxylic acids is 1. The summed E-state index contributed by atoms with van der Waals surface area (Å²) < 4.78 is 6.86. The molecule has 0 aliphatic rings. The fourth-order valence-corrected chi connectivity index (χ4v) is 5.35. The SMILES string of the molecule is COc1ccc(C(NCCN(CC(=O)O)C(=O)Cn2ncc3c(/N=C\N(C)C)ncnc32)(c2ccccc2)c2ccccc2)cc1. The first-order chi connectivity index (χ1) is 22.3. The third-order valence-corrected chi connectivity index (χ3v) is 7.50. The number of nitrogens with one attached hydrogen (secondary N) is 1. The van der Waals surface area contributed by atoms with E-state index in [4.69, 9.17) is 4.74 Å². The Balaban J connectivity index is 1.43. The summed E-state index contributed by atoms with van der Waals surface area (Å²) in [6.45, 7) is -0.277. The maximum Gasteiger partial charge on any atom is 0.323 e. The Bertz CT molecular complexity index is 1750. The molecule has 12 nitrogen and oxygen atoms in total. The molecule has 1 amide bonds. The number of ether oxygens (including phenoxy) is 1. The van der Waals surface area contributed by atoms with Crippen molar-refractivity contribution in [2.24, 2.45) is 4.99 Å². The Labute approximate surface area is 267 Å². The molecule has 0 saturated carbocycles. The minimum absolute atomic E-state index is 0.120. The third-order valence-electron chi connectivity index (χ3n) is 7.50. The van der Waals surface area contributed by atoms with Crippen molar-refractivity contribution in [3.05, 3.63) is 114 Å². The van der Waals surface area contributed by atoms with E-state index in [2.05, 4.69) is 25.4 Å². The van der Waals surface area contributed by atoms with E-state index < -0.39 is 24.0 Å². The summed E-state index contributed by atoms with van der Waals surface area (Å²) in [7, 11) is 5.31. The fourth-order valence-electron chi connectivity index (χ4n) is 5.35. The number of carboxylic acid groups (broad SMARTS) is 1. The number of benzene rings is 3. The molecule has 0 spiro atoms. The van der Waals surface area contributed by atoms with E-state index in [1.807, 2.05) is 99.0 Å². The van der Waals surface area contributed by atoms with Crippen LogP contribution in [0.3, 0.4) is 0 Å². The van der Waals surface area contributed by atoms with Crippen LogP contribution in [0.5, 0.6) is 5.75 Å². The molecular weight excluding hydrogens is 584 g/mol. The Kier molecular flexibility index (Phi) is 9.98. The van der Waals surface area contributed by atoms with E-state index in [1.165, 1.54) is 15.9 Å². The third kappa shape index (κ3) is 7.02. The van der Waals surface area contributed by atoms with Gasteiger partial charge in [-0.05, 0) is 28.8 Å². The highest BCUT2D eigenvalue weighted by molar-refractivity contribution is 5.88. The lowest BCUT2D eigenvalue weighted by Gasteiger charge is -2.38. The standard InChI is InChI=1S/C34H36N8O4/c1-40(2)24-37-32-29-20-39-42(33(29)36-23-35-32)21-30(43)41(22-31(44)45)19-18-38-34(25-10-6-4-7-11-25,26-12-8-5-9-13-26)27-14-16-28(46-3)17-15-27/h4-17,20,23-24,38H,18-19,21-22H2,1-3H3,(H,44,45)/b37-24-. The first-order valence-corrected chi connectivity index (χ1v) is 14.7. The molecule has 2 N–H and O–H groups in total. The van der Waals surface area contributed by atoms with Crippen molar-refractivity contribution in [1.29, 1.82) is 0 Å². The lowest BCUT2D eigenvalue weighted by Crippen LogP contribution is -2.49. The summed E-state index contributed by atoms with van der Waals surface area (Å²) >= 11 is 0. The molecule has 3 aromatic carbocycles. The van der Waals surface area contributed by atoms with Crippen molar-refractivity contribution >= 4 is 35.1 Å². The zero-order valence-corrected chi connectivity index (χ0v) is 25.9. The van der Waals surface area contributed by atoms with Gasteiger partial charge in [0.25, 0.3) is 0 Å². The lowest BCUT2D eigenvalue weighted by molar-refractivity contribution is -0.144. The number of rotatable bonds is 14. The Morgan fingerprint density at radius 3 is 2.17 bits per heavy atom. The molecule has 0 atom stereocenters. The zero-order chi connectivity index (χ0) is 32.5. The predicted octanol–water partition coefficient (Wildman–Crippen LogP) is 3.55. The summed E-state index contributed by atoms with van der Waals surface area (Å²) in [6, 6.07) is 27.9. The number of aliphatic imine (C=N–C) groups is 1. The summed E-state index contributed by atoms with van der Waals surface area (Å²) in [4.78, 5) is 41.5. The van der Waals surface area contributed by atoms with Crippen LogP contribution in [0.15, 0.2) is 102 Å². The molecule has 5 aromatic rings. The molecule has 236 valence electrons. The molecule has 0 bridgehead atoms. The maximum atomic E-state index is 13.6. The topological polar surface area (TPSA) is 138 Å². The minimum Gasteiger partial charge on any atom is -0.497 e. The number of amides is 1. The van der Waals surface area contributed by atoms with Gasteiger partial charge in [-0.25, -0.2) is 19.6 Å². The average Bonchev–Trinajstić information content (AvgIpc) is 3.49. The summed E-state index contributed by atoms with van der Waals surface area (Å²) in [5, 5.41) is 18.4. The first kappa shape index (κ1) is 31.8. The normalized spacial score (nSPS) is 11.5. The molecule has 0 saturated heterocycles. The largest absolute Gasteiger partial charge is 0.497 e. The number of hydrogen-bond acceptors (Lipinski definition) is 8. The molecule has 0 aliphatic heterocycles. The van der Waals surface area contributed by atoms with Gasteiger partial charge in [-0.2, -0.15) is 5.10 Å². The molecule has 2 heterocycles. The fraction of sp³-hybridized carbons (Fsp3) is 0.235. The second-order valence-corrected chi connectivity index (χ2v) is 10.8. The van der Waals surface area contributed by atoms with Crippen molar-refractivity contribution in [1.82, 2.24) is 34.9 Å². The van der Waals surface area contributed by atoms with Crippen LogP contribution >= 0.6 is 0 Å². The van der Waals surface area contributed by atoms with E-state index in [0.29, 0.717) is 16.9 Å². The Morgan fingerprint density at radius 1 is 0.957 bits per heavy atom. The van der Waals surface area contributed by atoms with Gasteiger partial charge in [-0.15, -0.1) is 0 Å². The van der Waals surface area contributed by atoms with Gasteiger partial charge >= 0.3 is 5.97 Å². The van der Waals surface area contributed by atoms with E-state index in [-0.39, 0.29) is 19.6 Å². The van der Waals surface area contributed by atoms with Crippen LogP contribution in [-0.2, 0) is 21.7 Å². The van der Waals surface area contributed by atoms with E-state index in [0.717, 1.165) is 22.4 Å². The number of methoxy groups -OCH3 is 1. The van der Waals surface area contributed by atoms with Gasteiger partial charge in [0.05, 0.1) is 30.6 Å². The highest BCUT2D eigenvalue weighted by atomic mass is 16.5. The van der Waals surface area contributed by atoms with Gasteiger partial charge in [0, 0.05) is 27.2 Å². The summed E-state index contributed by atoms with van der Waals surface area (Å²) in [5.74, 6) is -0.389. The summed E-state index contributed by atoms with van der Waals surface area (Å²) in [5.41, 5.74) is 2.54. The average molecular weight is 621 g/mol. The van der Waals surface area contributed by atoms with Crippen LogP contribution < -0.4 is 10.1 Å². The van der Waals surface area contributed by atoms with Crippen molar-refractivity contribution in [3.8, 4) is 5.75 Å². The quantitative estimate of drug-likeness (QED) is 0.108. The number of aliphatic carboxylic acids is 1. The van der Waals surface area contributed by atoms with Crippen LogP contribution in [0.1, 0.15) is 16.7 Å². The summed E-state index contributed by atoms with van der Waals surface area (Å²) in [6.07, 6.45) is 4.53. The smallest absolute Gasteiger partial charge is 0.323 e. The maximum absolute atomic E-state index is 13.6. The van der Waals surface area contributed by atoms with Crippen molar-refractivity contribution in [2.75, 3.05) is 40.8 Å². The molecule has 0 radical (unpaired) electrons. The Hall–Kier alpha value is -5.62. The highest BCUT2D eigenvalue weighted by Gasteiger charge is 2.36. The van der Waals surface area contributed by atoms with Crippen LogP contribution in [0, 0.1) is 0 Å². The van der Waals surface area contributed by atoms with Gasteiger partial charge in [0.15, 0.2) is 11.5 Å². The van der Waals surface area contributed by atoms with Crippen LogP contribution in [0.2, 0.25) is 0 Å². The second-order valence-electron chi connectivity index (χ2n) is 10.8. The van der Waals surface area contributed by atoms with E-state index >= 15 is 0 Å². The van der Waals surface area contributed by atoms with E-state index in [1.54, 1.807) is 24.5 Å². The Morgan fingerprint density at radius 2 is 1.59 bits per heavy atom. The van der Waals surface area contributed by atoms with Gasteiger partial charge in [-0.1, -0.05) is 72.8 Å².